The van der Waals surface area contributed by atoms with Crippen LogP contribution in [0.3, 0.4) is 0 Å². The summed E-state index contributed by atoms with van der Waals surface area (Å²) in [4.78, 5) is 0. The van der Waals surface area contributed by atoms with E-state index in [-0.39, 0.29) is 10.7 Å². The van der Waals surface area contributed by atoms with Gasteiger partial charge in [0.05, 0.1) is 17.1 Å². The number of hydrogen-bond donors (Lipinski definition) is 1. The van der Waals surface area contributed by atoms with Crippen LogP contribution in [0.25, 0.3) is 0 Å². The third-order valence-electron chi connectivity index (χ3n) is 4.73. The summed E-state index contributed by atoms with van der Waals surface area (Å²) in [5.41, 5.74) is 2.17. The van der Waals surface area contributed by atoms with Crippen LogP contribution in [0.1, 0.15) is 50.5 Å². The van der Waals surface area contributed by atoms with Gasteiger partial charge in [-0.15, -0.1) is 0 Å². The summed E-state index contributed by atoms with van der Waals surface area (Å²) in [5, 5.41) is 9.99. The highest BCUT2D eigenvalue weighted by atomic mass is 32.2. The van der Waals surface area contributed by atoms with Crippen LogP contribution in [-0.2, 0) is 22.8 Å². The van der Waals surface area contributed by atoms with Gasteiger partial charge in [0, 0.05) is 24.0 Å². The van der Waals surface area contributed by atoms with Gasteiger partial charge in [-0.25, -0.2) is 8.42 Å². The molecule has 0 spiro atoms. The van der Waals surface area contributed by atoms with Crippen LogP contribution < -0.4 is 0 Å². The lowest BCUT2D eigenvalue weighted by Crippen LogP contribution is -2.29. The molecule has 5 heteroatoms. The topological polar surface area (TPSA) is 59.3 Å². The molecule has 0 bridgehead atoms. The monoisotopic (exact) mass is 297 g/mol. The second-order valence-corrected chi connectivity index (χ2v) is 9.46. The summed E-state index contributed by atoms with van der Waals surface area (Å²) < 4.78 is 26.0. The predicted octanol–water partition coefficient (Wildman–Crippen LogP) is 2.07. The third kappa shape index (κ3) is 2.42. The highest BCUT2D eigenvalue weighted by Gasteiger charge is 2.36. The predicted molar refractivity (Wildman–Crippen MR) is 78.3 cm³/mol. The summed E-state index contributed by atoms with van der Waals surface area (Å²) in [7, 11) is -2.92. The molecular weight excluding hydrogens is 274 g/mol. The minimum atomic E-state index is -2.92. The van der Waals surface area contributed by atoms with Gasteiger partial charge in [0.25, 0.3) is 0 Å². The first-order chi connectivity index (χ1) is 9.28. The first-order valence-corrected chi connectivity index (χ1v) is 9.08. The molecule has 1 aromatic heterocycles. The zero-order valence-electron chi connectivity index (χ0n) is 12.2. The van der Waals surface area contributed by atoms with Gasteiger partial charge in [-0.3, -0.25) is 0 Å². The molecule has 2 aliphatic rings. The number of aliphatic hydroxyl groups excluding tert-OH is 1. The van der Waals surface area contributed by atoms with E-state index in [0.717, 1.165) is 36.9 Å². The molecule has 0 saturated carbocycles. The van der Waals surface area contributed by atoms with Crippen molar-refractivity contribution in [1.82, 2.24) is 4.57 Å². The van der Waals surface area contributed by atoms with Crippen molar-refractivity contribution in [2.45, 2.75) is 57.4 Å². The van der Waals surface area contributed by atoms with Gasteiger partial charge in [0.15, 0.2) is 9.84 Å². The van der Waals surface area contributed by atoms with E-state index >= 15 is 0 Å². The molecular formula is C15H23NO3S. The Bertz CT molecular complexity index is 615. The lowest BCUT2D eigenvalue weighted by Gasteiger charge is -2.34. The summed E-state index contributed by atoms with van der Waals surface area (Å²) >= 11 is 0. The fourth-order valence-corrected chi connectivity index (χ4v) is 5.46. The molecule has 0 aromatic carbocycles. The highest BCUT2D eigenvalue weighted by molar-refractivity contribution is 7.92. The van der Waals surface area contributed by atoms with Gasteiger partial charge in [0.2, 0.25) is 0 Å². The fraction of sp³-hybridized carbons (Fsp3) is 0.733. The zero-order valence-corrected chi connectivity index (χ0v) is 13.0. The van der Waals surface area contributed by atoms with Crippen molar-refractivity contribution in [2.24, 2.45) is 5.41 Å². The van der Waals surface area contributed by atoms with Gasteiger partial charge >= 0.3 is 0 Å². The van der Waals surface area contributed by atoms with Gasteiger partial charge < -0.3 is 9.67 Å². The molecule has 1 saturated heterocycles. The van der Waals surface area contributed by atoms with Crippen molar-refractivity contribution in [2.75, 3.05) is 5.75 Å². The maximum absolute atomic E-state index is 12.0. The van der Waals surface area contributed by atoms with Crippen molar-refractivity contribution < 1.29 is 13.5 Å². The molecule has 112 valence electrons. The maximum atomic E-state index is 12.0. The number of aliphatic hydroxyl groups is 1. The lowest BCUT2D eigenvalue weighted by molar-refractivity contribution is 0.0979. The molecule has 3 rings (SSSR count). The van der Waals surface area contributed by atoms with Crippen molar-refractivity contribution in [1.29, 1.82) is 0 Å². The van der Waals surface area contributed by atoms with Gasteiger partial charge in [-0.2, -0.15) is 0 Å². The number of sulfone groups is 1. The van der Waals surface area contributed by atoms with E-state index in [1.54, 1.807) is 0 Å². The van der Waals surface area contributed by atoms with E-state index in [1.165, 1.54) is 0 Å². The van der Waals surface area contributed by atoms with Gasteiger partial charge in [-0.1, -0.05) is 13.8 Å². The van der Waals surface area contributed by atoms with E-state index in [0.29, 0.717) is 12.3 Å². The van der Waals surface area contributed by atoms with Crippen LogP contribution in [0.15, 0.2) is 12.3 Å². The second kappa shape index (κ2) is 4.60. The lowest BCUT2D eigenvalue weighted by atomic mass is 9.75. The third-order valence-corrected chi connectivity index (χ3v) is 6.99. The Kier molecular flexibility index (Phi) is 3.25. The molecule has 1 fully saturated rings. The molecule has 1 aromatic rings. The number of fused-ring (bicyclic) bond motifs is 1. The Morgan fingerprint density at radius 2 is 2.20 bits per heavy atom. The van der Waals surface area contributed by atoms with Gasteiger partial charge in [-0.05, 0) is 37.2 Å². The summed E-state index contributed by atoms with van der Waals surface area (Å²) in [6.45, 7) is 4.85. The van der Waals surface area contributed by atoms with Crippen molar-refractivity contribution in [3.63, 3.8) is 0 Å². The van der Waals surface area contributed by atoms with Crippen molar-refractivity contribution in [3.8, 4) is 0 Å². The quantitative estimate of drug-likeness (QED) is 0.909. The van der Waals surface area contributed by atoms with E-state index in [9.17, 15) is 13.5 Å². The van der Waals surface area contributed by atoms with Crippen LogP contribution in [0, 0.1) is 5.41 Å². The van der Waals surface area contributed by atoms with Crippen molar-refractivity contribution >= 4 is 9.84 Å². The molecule has 2 heterocycles. The van der Waals surface area contributed by atoms with Crippen LogP contribution in [0.2, 0.25) is 0 Å². The molecule has 20 heavy (non-hydrogen) atoms. The SMILES string of the molecule is CC1(C)Cc2c(ccn2CC2CCCS2(=O)=O)C(O)C1. The van der Waals surface area contributed by atoms with Crippen molar-refractivity contribution in [3.05, 3.63) is 23.5 Å². The molecule has 4 nitrogen and oxygen atoms in total. The van der Waals surface area contributed by atoms with E-state index in [1.807, 2.05) is 12.3 Å². The van der Waals surface area contributed by atoms with Crippen LogP contribution >= 0.6 is 0 Å². The standard InChI is InChI=1S/C15H23NO3S/c1-15(2)8-13-12(14(17)9-15)5-6-16(13)10-11-4-3-7-20(11,18)19/h5-6,11,14,17H,3-4,7-10H2,1-2H3. The Hall–Kier alpha value is -0.810. The molecule has 2 unspecified atom stereocenters. The molecule has 1 aliphatic carbocycles. The van der Waals surface area contributed by atoms with Crippen LogP contribution in [0.4, 0.5) is 0 Å². The fourth-order valence-electron chi connectivity index (χ4n) is 3.64. The molecule has 0 amide bonds. The number of aromatic nitrogens is 1. The maximum Gasteiger partial charge on any atom is 0.154 e. The van der Waals surface area contributed by atoms with Crippen LogP contribution in [-0.4, -0.2) is 29.1 Å². The van der Waals surface area contributed by atoms with Gasteiger partial charge in [0.1, 0.15) is 0 Å². The minimum Gasteiger partial charge on any atom is -0.388 e. The first kappa shape index (κ1) is 14.1. The minimum absolute atomic E-state index is 0.0665. The average Bonchev–Trinajstić information content (AvgIpc) is 2.83. The normalized spacial score (nSPS) is 31.1. The molecule has 0 radical (unpaired) electrons. The number of rotatable bonds is 2. The Morgan fingerprint density at radius 3 is 2.85 bits per heavy atom. The molecule has 2 atom stereocenters. The smallest absolute Gasteiger partial charge is 0.154 e. The number of hydrogen-bond acceptors (Lipinski definition) is 3. The highest BCUT2D eigenvalue weighted by Crippen LogP contribution is 2.41. The summed E-state index contributed by atoms with van der Waals surface area (Å²) in [6.07, 6.45) is 4.75. The molecule has 1 N–H and O–H groups in total. The van der Waals surface area contributed by atoms with E-state index in [4.69, 9.17) is 0 Å². The van der Waals surface area contributed by atoms with E-state index in [2.05, 4.69) is 18.4 Å². The largest absolute Gasteiger partial charge is 0.388 e. The Balaban J connectivity index is 1.90. The molecule has 1 aliphatic heterocycles. The number of nitrogens with zero attached hydrogens (tertiary/aromatic N) is 1. The Labute approximate surface area is 120 Å². The summed E-state index contributed by atoms with van der Waals surface area (Å²) in [6, 6.07) is 1.96. The van der Waals surface area contributed by atoms with E-state index < -0.39 is 15.9 Å². The zero-order chi connectivity index (χ0) is 14.5. The average molecular weight is 297 g/mol. The summed E-state index contributed by atoms with van der Waals surface area (Å²) in [5.74, 6) is 0.329. The second-order valence-electron chi connectivity index (χ2n) is 7.06. The first-order valence-electron chi connectivity index (χ1n) is 7.36. The Morgan fingerprint density at radius 1 is 1.45 bits per heavy atom. The van der Waals surface area contributed by atoms with Crippen LogP contribution in [0.5, 0.6) is 0 Å².